The zero-order chi connectivity index (χ0) is 21.0. The summed E-state index contributed by atoms with van der Waals surface area (Å²) in [4.78, 5) is 29.4. The second-order valence-electron chi connectivity index (χ2n) is 7.16. The van der Waals surface area contributed by atoms with Crippen LogP contribution in [0, 0.1) is 5.92 Å². The molecule has 29 heavy (non-hydrogen) atoms. The highest BCUT2D eigenvalue weighted by atomic mass is 35.5. The Morgan fingerprint density at radius 3 is 2.62 bits per heavy atom. The molecule has 0 amide bonds. The lowest BCUT2D eigenvalue weighted by Gasteiger charge is -2.26. The molecule has 3 aromatic rings. The molecule has 2 heterocycles. The van der Waals surface area contributed by atoms with E-state index in [1.807, 2.05) is 35.2 Å². The minimum absolute atomic E-state index is 0.116. The van der Waals surface area contributed by atoms with Crippen molar-refractivity contribution in [2.24, 2.45) is 5.92 Å². The molecule has 0 unspecified atom stereocenters. The summed E-state index contributed by atoms with van der Waals surface area (Å²) in [6.07, 6.45) is 0.825. The standard InChI is InChI=1S/C19H23ClN6O2S/c1-12(2)8-9-25(11-14-16(20)29-24-23-14)15-17(21)26(19(28)22-18(15)27)10-13-6-4-3-5-7-13/h3-7,12H,8-11,21H2,1-2H3,(H,22,27,28). The van der Waals surface area contributed by atoms with E-state index in [4.69, 9.17) is 17.3 Å². The van der Waals surface area contributed by atoms with Gasteiger partial charge in [0.15, 0.2) is 0 Å². The molecule has 0 spiro atoms. The molecule has 0 saturated carbocycles. The van der Waals surface area contributed by atoms with E-state index in [-0.39, 0.29) is 24.6 Å². The second-order valence-corrected chi connectivity index (χ2v) is 8.52. The molecule has 0 saturated heterocycles. The van der Waals surface area contributed by atoms with Gasteiger partial charge >= 0.3 is 5.69 Å². The summed E-state index contributed by atoms with van der Waals surface area (Å²) >= 11 is 7.26. The van der Waals surface area contributed by atoms with E-state index in [9.17, 15) is 9.59 Å². The number of benzene rings is 1. The van der Waals surface area contributed by atoms with Crippen LogP contribution in [-0.2, 0) is 13.1 Å². The van der Waals surface area contributed by atoms with Crippen LogP contribution < -0.4 is 21.9 Å². The van der Waals surface area contributed by atoms with Gasteiger partial charge in [-0.15, -0.1) is 5.10 Å². The predicted octanol–water partition coefficient (Wildman–Crippen LogP) is 2.72. The first-order chi connectivity index (χ1) is 13.9. The van der Waals surface area contributed by atoms with Crippen LogP contribution in [0.2, 0.25) is 4.34 Å². The van der Waals surface area contributed by atoms with Crippen LogP contribution in [0.4, 0.5) is 11.5 Å². The molecule has 154 valence electrons. The van der Waals surface area contributed by atoms with Crippen molar-refractivity contribution in [1.29, 1.82) is 0 Å². The molecular formula is C19H23ClN6O2S. The summed E-state index contributed by atoms with van der Waals surface area (Å²) in [5, 5.41) is 4.05. The lowest BCUT2D eigenvalue weighted by molar-refractivity contribution is 0.567. The maximum atomic E-state index is 12.7. The molecule has 3 N–H and O–H groups in total. The smallest absolute Gasteiger partial charge is 0.330 e. The number of nitrogens with zero attached hydrogens (tertiary/aromatic N) is 4. The van der Waals surface area contributed by atoms with E-state index in [0.29, 0.717) is 22.5 Å². The zero-order valence-electron chi connectivity index (χ0n) is 16.3. The van der Waals surface area contributed by atoms with Crippen molar-refractivity contribution in [2.45, 2.75) is 33.4 Å². The van der Waals surface area contributed by atoms with Crippen molar-refractivity contribution >= 4 is 34.6 Å². The van der Waals surface area contributed by atoms with E-state index in [2.05, 4.69) is 28.4 Å². The number of hydrogen-bond acceptors (Lipinski definition) is 7. The highest BCUT2D eigenvalue weighted by Gasteiger charge is 2.21. The molecule has 0 radical (unpaired) electrons. The zero-order valence-corrected chi connectivity index (χ0v) is 17.8. The van der Waals surface area contributed by atoms with Gasteiger partial charge in [-0.05, 0) is 17.9 Å². The summed E-state index contributed by atoms with van der Waals surface area (Å²) in [6, 6.07) is 9.46. The fourth-order valence-electron chi connectivity index (χ4n) is 2.96. The Hall–Kier alpha value is -2.65. The SMILES string of the molecule is CC(C)CCN(Cc1nnsc1Cl)c1c(N)n(Cc2ccccc2)c(=O)[nH]c1=O. The molecule has 8 nitrogen and oxygen atoms in total. The first kappa shape index (κ1) is 21.1. The number of hydrogen-bond donors (Lipinski definition) is 2. The fourth-order valence-corrected chi connectivity index (χ4v) is 3.57. The van der Waals surface area contributed by atoms with Gasteiger partial charge in [0.2, 0.25) is 0 Å². The van der Waals surface area contributed by atoms with E-state index in [1.165, 1.54) is 4.57 Å². The number of aromatic nitrogens is 4. The topological polar surface area (TPSA) is 110 Å². The molecule has 0 aliphatic carbocycles. The van der Waals surface area contributed by atoms with Crippen molar-refractivity contribution in [3.05, 3.63) is 66.8 Å². The highest BCUT2D eigenvalue weighted by Crippen LogP contribution is 2.24. The number of nitrogen functional groups attached to an aromatic ring is 1. The molecular weight excluding hydrogens is 412 g/mol. The number of halogens is 1. The summed E-state index contributed by atoms with van der Waals surface area (Å²) in [5.74, 6) is 0.530. The minimum Gasteiger partial charge on any atom is -0.383 e. The molecule has 0 fully saturated rings. The van der Waals surface area contributed by atoms with Gasteiger partial charge in [-0.2, -0.15) is 0 Å². The molecule has 10 heteroatoms. The van der Waals surface area contributed by atoms with Gasteiger partial charge < -0.3 is 10.6 Å². The highest BCUT2D eigenvalue weighted by molar-refractivity contribution is 7.10. The average molecular weight is 435 g/mol. The lowest BCUT2D eigenvalue weighted by atomic mass is 10.1. The van der Waals surface area contributed by atoms with Crippen molar-refractivity contribution < 1.29 is 0 Å². The second kappa shape index (κ2) is 9.23. The third-order valence-electron chi connectivity index (χ3n) is 4.54. The molecule has 0 aliphatic heterocycles. The summed E-state index contributed by atoms with van der Waals surface area (Å²) in [5.41, 5.74) is 6.98. The Morgan fingerprint density at radius 1 is 1.28 bits per heavy atom. The Kier molecular flexibility index (Phi) is 6.71. The van der Waals surface area contributed by atoms with Crippen LogP contribution in [0.15, 0.2) is 39.9 Å². The van der Waals surface area contributed by atoms with Gasteiger partial charge in [0.25, 0.3) is 5.56 Å². The fraction of sp³-hybridized carbons (Fsp3) is 0.368. The van der Waals surface area contributed by atoms with Gasteiger partial charge in [0, 0.05) is 18.1 Å². The average Bonchev–Trinajstić information content (AvgIpc) is 3.08. The summed E-state index contributed by atoms with van der Waals surface area (Å²) in [6.45, 7) is 5.28. The summed E-state index contributed by atoms with van der Waals surface area (Å²) < 4.78 is 5.69. The maximum absolute atomic E-state index is 12.7. The van der Waals surface area contributed by atoms with Gasteiger partial charge in [0.05, 0.1) is 13.1 Å². The number of nitrogens with one attached hydrogen (secondary N) is 1. The first-order valence-corrected chi connectivity index (χ1v) is 10.4. The van der Waals surface area contributed by atoms with E-state index in [1.54, 1.807) is 0 Å². The van der Waals surface area contributed by atoms with Crippen molar-refractivity contribution in [3.63, 3.8) is 0 Å². The van der Waals surface area contributed by atoms with Crippen molar-refractivity contribution in [3.8, 4) is 0 Å². The Labute approximate surface area is 177 Å². The van der Waals surface area contributed by atoms with E-state index < -0.39 is 11.2 Å². The molecule has 0 bridgehead atoms. The predicted molar refractivity (Wildman–Crippen MR) is 117 cm³/mol. The monoisotopic (exact) mass is 434 g/mol. The van der Waals surface area contributed by atoms with Gasteiger partial charge in [-0.25, -0.2) is 4.79 Å². The molecule has 1 aromatic carbocycles. The number of aromatic amines is 1. The number of nitrogens with two attached hydrogens (primary N) is 1. The van der Waals surface area contributed by atoms with Gasteiger partial charge in [-0.1, -0.05) is 60.3 Å². The number of rotatable bonds is 8. The van der Waals surface area contributed by atoms with Crippen molar-refractivity contribution in [2.75, 3.05) is 17.2 Å². The third kappa shape index (κ3) is 5.04. The first-order valence-electron chi connectivity index (χ1n) is 9.25. The van der Waals surface area contributed by atoms with Crippen LogP contribution in [-0.4, -0.2) is 25.7 Å². The Morgan fingerprint density at radius 2 is 2.00 bits per heavy atom. The van der Waals surface area contributed by atoms with E-state index >= 15 is 0 Å². The quantitative estimate of drug-likeness (QED) is 0.564. The molecule has 0 aliphatic rings. The van der Waals surface area contributed by atoms with Crippen LogP contribution in [0.3, 0.4) is 0 Å². The number of anilines is 2. The van der Waals surface area contributed by atoms with E-state index in [0.717, 1.165) is 23.5 Å². The Balaban J connectivity index is 2.04. The summed E-state index contributed by atoms with van der Waals surface area (Å²) in [7, 11) is 0. The van der Waals surface area contributed by atoms with Crippen LogP contribution in [0.1, 0.15) is 31.5 Å². The van der Waals surface area contributed by atoms with Gasteiger partial charge in [0.1, 0.15) is 21.5 Å². The lowest BCUT2D eigenvalue weighted by Crippen LogP contribution is -2.39. The van der Waals surface area contributed by atoms with Gasteiger partial charge in [-0.3, -0.25) is 14.3 Å². The van der Waals surface area contributed by atoms with Crippen LogP contribution in [0.5, 0.6) is 0 Å². The normalized spacial score (nSPS) is 11.2. The largest absolute Gasteiger partial charge is 0.383 e. The number of H-pyrrole nitrogens is 1. The van der Waals surface area contributed by atoms with Crippen LogP contribution in [0.25, 0.3) is 0 Å². The van der Waals surface area contributed by atoms with Crippen LogP contribution >= 0.6 is 23.1 Å². The minimum atomic E-state index is -0.544. The molecule has 3 rings (SSSR count). The third-order valence-corrected chi connectivity index (χ3v) is 5.52. The molecule has 0 atom stereocenters. The molecule has 2 aromatic heterocycles. The van der Waals surface area contributed by atoms with Crippen molar-refractivity contribution in [1.82, 2.24) is 19.1 Å². The Bertz CT molecular complexity index is 1080. The maximum Gasteiger partial charge on any atom is 0.330 e.